The van der Waals surface area contributed by atoms with Crippen LogP contribution >= 0.6 is 0 Å². The average molecular weight is 283 g/mol. The Morgan fingerprint density at radius 3 is 2.62 bits per heavy atom. The highest BCUT2D eigenvalue weighted by Gasteiger charge is 2.17. The molecule has 0 aliphatic carbocycles. The lowest BCUT2D eigenvalue weighted by molar-refractivity contribution is 0.214. The van der Waals surface area contributed by atoms with Crippen molar-refractivity contribution in [3.05, 3.63) is 59.8 Å². The number of aromatic nitrogens is 1. The zero-order chi connectivity index (χ0) is 14.8. The summed E-state index contributed by atoms with van der Waals surface area (Å²) in [5, 5.41) is 11.7. The van der Waals surface area contributed by atoms with E-state index in [1.54, 1.807) is 26.4 Å². The van der Waals surface area contributed by atoms with Crippen molar-refractivity contribution in [2.75, 3.05) is 14.2 Å². The number of benzene rings is 2. The van der Waals surface area contributed by atoms with Crippen LogP contribution in [0.1, 0.15) is 17.2 Å². The third kappa shape index (κ3) is 2.45. The van der Waals surface area contributed by atoms with Crippen molar-refractivity contribution >= 4 is 10.9 Å². The number of ether oxygens (including phenoxy) is 2. The van der Waals surface area contributed by atoms with E-state index in [0.717, 1.165) is 16.5 Å². The molecule has 21 heavy (non-hydrogen) atoms. The van der Waals surface area contributed by atoms with E-state index in [1.807, 2.05) is 36.5 Å². The van der Waals surface area contributed by atoms with Gasteiger partial charge in [0.2, 0.25) is 0 Å². The van der Waals surface area contributed by atoms with Gasteiger partial charge in [-0.05, 0) is 47.3 Å². The van der Waals surface area contributed by atoms with E-state index in [9.17, 15) is 5.11 Å². The van der Waals surface area contributed by atoms with E-state index >= 15 is 0 Å². The lowest BCUT2D eigenvalue weighted by Crippen LogP contribution is -2.03. The molecule has 2 N–H and O–H groups in total. The van der Waals surface area contributed by atoms with Crippen molar-refractivity contribution in [3.63, 3.8) is 0 Å². The van der Waals surface area contributed by atoms with Crippen LogP contribution in [0.15, 0.2) is 48.7 Å². The molecule has 0 spiro atoms. The van der Waals surface area contributed by atoms with Gasteiger partial charge in [-0.2, -0.15) is 0 Å². The average Bonchev–Trinajstić information content (AvgIpc) is 3.01. The van der Waals surface area contributed by atoms with Gasteiger partial charge in [0.1, 0.15) is 17.6 Å². The van der Waals surface area contributed by atoms with Gasteiger partial charge in [0.15, 0.2) is 0 Å². The fourth-order valence-electron chi connectivity index (χ4n) is 2.47. The normalized spacial score (nSPS) is 12.3. The summed E-state index contributed by atoms with van der Waals surface area (Å²) in [5.74, 6) is 1.32. The van der Waals surface area contributed by atoms with E-state index in [2.05, 4.69) is 4.98 Å². The molecule has 1 unspecified atom stereocenters. The van der Waals surface area contributed by atoms with Gasteiger partial charge in [0.05, 0.1) is 14.2 Å². The number of aliphatic hydroxyl groups excluding tert-OH is 1. The number of hydrogen-bond acceptors (Lipinski definition) is 3. The number of H-pyrrole nitrogens is 1. The van der Waals surface area contributed by atoms with E-state index in [4.69, 9.17) is 9.47 Å². The lowest BCUT2D eigenvalue weighted by Gasteiger charge is -2.16. The molecule has 0 amide bonds. The molecule has 1 aromatic heterocycles. The Morgan fingerprint density at radius 1 is 1.00 bits per heavy atom. The Hall–Kier alpha value is -2.46. The molecular formula is C17H17NO3. The lowest BCUT2D eigenvalue weighted by atomic mass is 9.99. The first-order valence-electron chi connectivity index (χ1n) is 6.70. The molecule has 0 aliphatic rings. The van der Waals surface area contributed by atoms with E-state index in [0.29, 0.717) is 17.1 Å². The topological polar surface area (TPSA) is 54.5 Å². The third-order valence-electron chi connectivity index (χ3n) is 3.62. The number of fused-ring (bicyclic) bond motifs is 1. The summed E-state index contributed by atoms with van der Waals surface area (Å²) >= 11 is 0. The molecular weight excluding hydrogens is 266 g/mol. The molecule has 0 aliphatic heterocycles. The Bertz CT molecular complexity index is 764. The molecule has 108 valence electrons. The second-order valence-electron chi connectivity index (χ2n) is 4.83. The predicted octanol–water partition coefficient (Wildman–Crippen LogP) is 3.27. The Kier molecular flexibility index (Phi) is 3.54. The van der Waals surface area contributed by atoms with Gasteiger partial charge in [-0.25, -0.2) is 0 Å². The molecule has 0 saturated carbocycles. The van der Waals surface area contributed by atoms with E-state index < -0.39 is 6.10 Å². The fraction of sp³-hybridized carbons (Fsp3) is 0.176. The van der Waals surface area contributed by atoms with Gasteiger partial charge in [-0.15, -0.1) is 0 Å². The molecule has 0 bridgehead atoms. The molecule has 1 heterocycles. The molecule has 2 aromatic carbocycles. The summed E-state index contributed by atoms with van der Waals surface area (Å²) in [7, 11) is 3.19. The summed E-state index contributed by atoms with van der Waals surface area (Å²) in [5.41, 5.74) is 2.55. The Morgan fingerprint density at radius 2 is 1.86 bits per heavy atom. The maximum atomic E-state index is 10.7. The largest absolute Gasteiger partial charge is 0.497 e. The van der Waals surface area contributed by atoms with Crippen LogP contribution < -0.4 is 9.47 Å². The van der Waals surface area contributed by atoms with Crippen molar-refractivity contribution in [1.29, 1.82) is 0 Å². The number of hydrogen-bond donors (Lipinski definition) is 2. The molecule has 3 rings (SSSR count). The number of rotatable bonds is 4. The van der Waals surface area contributed by atoms with Crippen LogP contribution in [0.5, 0.6) is 11.5 Å². The van der Waals surface area contributed by atoms with Crippen LogP contribution in [0, 0.1) is 0 Å². The molecule has 0 fully saturated rings. The van der Waals surface area contributed by atoms with E-state index in [1.165, 1.54) is 0 Å². The molecule has 1 atom stereocenters. The minimum atomic E-state index is -0.769. The van der Waals surface area contributed by atoms with Crippen LogP contribution in [-0.4, -0.2) is 24.3 Å². The first kappa shape index (κ1) is 13.5. The van der Waals surface area contributed by atoms with Crippen molar-refractivity contribution in [3.8, 4) is 11.5 Å². The van der Waals surface area contributed by atoms with Crippen molar-refractivity contribution in [1.82, 2.24) is 4.98 Å². The van der Waals surface area contributed by atoms with Crippen molar-refractivity contribution in [2.24, 2.45) is 0 Å². The zero-order valence-electron chi connectivity index (χ0n) is 12.0. The number of aliphatic hydroxyl groups is 1. The fourth-order valence-corrected chi connectivity index (χ4v) is 2.47. The maximum Gasteiger partial charge on any atom is 0.125 e. The summed E-state index contributed by atoms with van der Waals surface area (Å²) < 4.78 is 10.6. The van der Waals surface area contributed by atoms with Crippen LogP contribution in [0.25, 0.3) is 10.9 Å². The van der Waals surface area contributed by atoms with Crippen LogP contribution in [-0.2, 0) is 0 Å². The molecule has 4 heteroatoms. The van der Waals surface area contributed by atoms with E-state index in [-0.39, 0.29) is 0 Å². The molecule has 3 aromatic rings. The Balaban J connectivity index is 2.05. The van der Waals surface area contributed by atoms with Gasteiger partial charge in [-0.1, -0.05) is 6.07 Å². The zero-order valence-corrected chi connectivity index (χ0v) is 12.0. The monoisotopic (exact) mass is 283 g/mol. The molecule has 0 saturated heterocycles. The quantitative estimate of drug-likeness (QED) is 0.772. The van der Waals surface area contributed by atoms with Crippen LogP contribution in [0.3, 0.4) is 0 Å². The first-order chi connectivity index (χ1) is 10.2. The number of nitrogens with one attached hydrogen (secondary N) is 1. The first-order valence-corrected chi connectivity index (χ1v) is 6.70. The smallest absolute Gasteiger partial charge is 0.125 e. The minimum Gasteiger partial charge on any atom is -0.497 e. The highest BCUT2D eigenvalue weighted by Crippen LogP contribution is 2.33. The van der Waals surface area contributed by atoms with Gasteiger partial charge in [0.25, 0.3) is 0 Å². The summed E-state index contributed by atoms with van der Waals surface area (Å²) in [6, 6.07) is 13.2. The second kappa shape index (κ2) is 5.50. The van der Waals surface area contributed by atoms with Gasteiger partial charge < -0.3 is 19.6 Å². The molecule has 0 radical (unpaired) electrons. The van der Waals surface area contributed by atoms with Crippen molar-refractivity contribution in [2.45, 2.75) is 6.10 Å². The van der Waals surface area contributed by atoms with Gasteiger partial charge in [-0.3, -0.25) is 0 Å². The highest BCUT2D eigenvalue weighted by molar-refractivity contribution is 5.80. The predicted molar refractivity (Wildman–Crippen MR) is 81.9 cm³/mol. The summed E-state index contributed by atoms with van der Waals surface area (Å²) in [6.45, 7) is 0. The third-order valence-corrected chi connectivity index (χ3v) is 3.62. The highest BCUT2D eigenvalue weighted by atomic mass is 16.5. The van der Waals surface area contributed by atoms with Gasteiger partial charge >= 0.3 is 0 Å². The summed E-state index contributed by atoms with van der Waals surface area (Å²) in [4.78, 5) is 3.14. The molecule has 4 nitrogen and oxygen atoms in total. The minimum absolute atomic E-state index is 0.637. The SMILES string of the molecule is COc1ccc(OC)c(C(O)c2ccc3[nH]ccc3c2)c1. The van der Waals surface area contributed by atoms with Crippen molar-refractivity contribution < 1.29 is 14.6 Å². The maximum absolute atomic E-state index is 10.7. The standard InChI is InChI=1S/C17H17NO3/c1-20-13-4-6-16(21-2)14(10-13)17(19)12-3-5-15-11(9-12)7-8-18-15/h3-10,17-19H,1-2H3. The van der Waals surface area contributed by atoms with Crippen LogP contribution in [0.4, 0.5) is 0 Å². The Labute approximate surface area is 122 Å². The number of methoxy groups -OCH3 is 2. The van der Waals surface area contributed by atoms with Gasteiger partial charge in [0, 0.05) is 17.3 Å². The second-order valence-corrected chi connectivity index (χ2v) is 4.83. The van der Waals surface area contributed by atoms with Crippen LogP contribution in [0.2, 0.25) is 0 Å². The number of aromatic amines is 1. The summed E-state index contributed by atoms with van der Waals surface area (Å²) in [6.07, 6.45) is 1.11.